The summed E-state index contributed by atoms with van der Waals surface area (Å²) in [7, 11) is 0. The fraction of sp³-hybridized carbons (Fsp3) is 0.481. The van der Waals surface area contributed by atoms with Crippen molar-refractivity contribution in [2.45, 2.75) is 77.4 Å². The maximum Gasteiger partial charge on any atom is 0.261 e. The molecule has 5 nitrogen and oxygen atoms in total. The molecule has 3 rings (SSSR count). The Balaban J connectivity index is 1.75. The molecule has 8 heteroatoms. The van der Waals surface area contributed by atoms with Gasteiger partial charge in [0.1, 0.15) is 11.8 Å². The largest absolute Gasteiger partial charge is 0.483 e. The third-order valence-corrected chi connectivity index (χ3v) is 7.71. The first-order chi connectivity index (χ1) is 16.5. The maximum atomic E-state index is 13.3. The molecule has 1 atom stereocenters. The summed E-state index contributed by atoms with van der Waals surface area (Å²) in [5.41, 5.74) is 1.93. The zero-order valence-corrected chi connectivity index (χ0v) is 23.8. The Morgan fingerprint density at radius 2 is 1.80 bits per heavy atom. The first-order valence-corrected chi connectivity index (χ1v) is 13.5. The van der Waals surface area contributed by atoms with Gasteiger partial charge in [-0.15, -0.1) is 0 Å². The second-order valence-corrected chi connectivity index (χ2v) is 11.8. The van der Waals surface area contributed by atoms with Crippen LogP contribution >= 0.6 is 39.1 Å². The van der Waals surface area contributed by atoms with Crippen LogP contribution in [0, 0.1) is 0 Å². The van der Waals surface area contributed by atoms with E-state index in [1.165, 1.54) is 4.90 Å². The summed E-state index contributed by atoms with van der Waals surface area (Å²) in [4.78, 5) is 27.9. The van der Waals surface area contributed by atoms with Crippen LogP contribution in [0.25, 0.3) is 0 Å². The van der Waals surface area contributed by atoms with E-state index in [1.807, 2.05) is 18.2 Å². The lowest BCUT2D eigenvalue weighted by Gasteiger charge is -2.30. The molecule has 0 spiro atoms. The number of hydrogen-bond acceptors (Lipinski definition) is 3. The van der Waals surface area contributed by atoms with Crippen LogP contribution in [0.5, 0.6) is 5.75 Å². The second kappa shape index (κ2) is 12.0. The Bertz CT molecular complexity index is 1060. The highest BCUT2D eigenvalue weighted by Gasteiger charge is 2.29. The van der Waals surface area contributed by atoms with Gasteiger partial charge in [0.2, 0.25) is 5.91 Å². The van der Waals surface area contributed by atoms with Crippen LogP contribution in [0.3, 0.4) is 0 Å². The lowest BCUT2D eigenvalue weighted by atomic mass is 9.87. The van der Waals surface area contributed by atoms with Gasteiger partial charge >= 0.3 is 0 Å². The van der Waals surface area contributed by atoms with E-state index in [2.05, 4.69) is 42.0 Å². The summed E-state index contributed by atoms with van der Waals surface area (Å²) in [6.07, 6.45) is 4.17. The molecule has 2 amide bonds. The minimum atomic E-state index is -0.673. The average Bonchev–Trinajstić information content (AvgIpc) is 3.30. The van der Waals surface area contributed by atoms with E-state index in [0.29, 0.717) is 15.8 Å². The van der Waals surface area contributed by atoms with Crippen molar-refractivity contribution in [3.63, 3.8) is 0 Å². The fourth-order valence-corrected chi connectivity index (χ4v) is 4.93. The monoisotopic (exact) mass is 582 g/mol. The predicted molar refractivity (Wildman–Crippen MR) is 145 cm³/mol. The molecule has 0 aromatic heterocycles. The Morgan fingerprint density at radius 1 is 1.11 bits per heavy atom. The van der Waals surface area contributed by atoms with Gasteiger partial charge in [-0.2, -0.15) is 0 Å². The van der Waals surface area contributed by atoms with Gasteiger partial charge in [0.15, 0.2) is 6.61 Å². The van der Waals surface area contributed by atoms with Crippen LogP contribution in [-0.2, 0) is 21.5 Å². The van der Waals surface area contributed by atoms with Gasteiger partial charge in [-0.25, -0.2) is 0 Å². The summed E-state index contributed by atoms with van der Waals surface area (Å²) in [5.74, 6) is 0.113. The summed E-state index contributed by atoms with van der Waals surface area (Å²) in [6.45, 7) is 8.17. The normalized spacial score (nSPS) is 15.1. The average molecular weight is 584 g/mol. The van der Waals surface area contributed by atoms with Crippen molar-refractivity contribution in [3.05, 3.63) is 62.0 Å². The number of ether oxygens (including phenoxy) is 1. The minimum Gasteiger partial charge on any atom is -0.483 e. The van der Waals surface area contributed by atoms with Crippen molar-refractivity contribution in [2.75, 3.05) is 6.61 Å². The van der Waals surface area contributed by atoms with Crippen LogP contribution in [0.4, 0.5) is 0 Å². The quantitative estimate of drug-likeness (QED) is 0.367. The van der Waals surface area contributed by atoms with E-state index in [-0.39, 0.29) is 36.4 Å². The Hall–Kier alpha value is -1.76. The van der Waals surface area contributed by atoms with Crippen molar-refractivity contribution in [1.29, 1.82) is 0 Å². The van der Waals surface area contributed by atoms with E-state index < -0.39 is 6.04 Å². The zero-order valence-electron chi connectivity index (χ0n) is 20.7. The maximum absolute atomic E-state index is 13.3. The van der Waals surface area contributed by atoms with Crippen LogP contribution in [0.15, 0.2) is 40.9 Å². The predicted octanol–water partition coefficient (Wildman–Crippen LogP) is 6.91. The van der Waals surface area contributed by atoms with Gasteiger partial charge in [0, 0.05) is 12.6 Å². The number of nitrogens with one attached hydrogen (secondary N) is 1. The van der Waals surface area contributed by atoms with Crippen LogP contribution in [-0.4, -0.2) is 35.4 Å². The molecule has 0 aliphatic heterocycles. The molecule has 35 heavy (non-hydrogen) atoms. The van der Waals surface area contributed by atoms with Crippen molar-refractivity contribution >= 4 is 50.9 Å². The fourth-order valence-electron chi connectivity index (χ4n) is 4.12. The zero-order chi connectivity index (χ0) is 25.8. The molecule has 0 unspecified atom stereocenters. The van der Waals surface area contributed by atoms with Gasteiger partial charge in [0.05, 0.1) is 14.5 Å². The standard InChI is InChI=1S/C27H33BrCl2N2O3/c1-17(26(34)31-20-7-5-6-8-20)32(15-18-9-11-22(29)23(30)13-18)25(33)16-35-24-12-10-19(14-21(24)28)27(2,3)4/h9-14,17,20H,5-8,15-16H2,1-4H3,(H,31,34)/t17-/m1/s1. The Labute approximate surface area is 226 Å². The third-order valence-electron chi connectivity index (χ3n) is 6.35. The molecule has 1 aliphatic rings. The smallest absolute Gasteiger partial charge is 0.261 e. The summed E-state index contributed by atoms with van der Waals surface area (Å²) in [6, 6.07) is 10.6. The molecule has 190 valence electrons. The highest BCUT2D eigenvalue weighted by Crippen LogP contribution is 2.31. The lowest BCUT2D eigenvalue weighted by molar-refractivity contribution is -0.142. The second-order valence-electron chi connectivity index (χ2n) is 10.1. The van der Waals surface area contributed by atoms with Crippen LogP contribution < -0.4 is 10.1 Å². The highest BCUT2D eigenvalue weighted by molar-refractivity contribution is 9.10. The van der Waals surface area contributed by atoms with Crippen LogP contribution in [0.2, 0.25) is 10.0 Å². The molecule has 1 aliphatic carbocycles. The van der Waals surface area contributed by atoms with E-state index in [9.17, 15) is 9.59 Å². The number of carbonyl (C=O) groups is 2. The summed E-state index contributed by atoms with van der Waals surface area (Å²) in [5, 5.41) is 3.93. The highest BCUT2D eigenvalue weighted by atomic mass is 79.9. The summed E-state index contributed by atoms with van der Waals surface area (Å²) < 4.78 is 6.65. The number of benzene rings is 2. The molecular weight excluding hydrogens is 551 g/mol. The molecule has 1 saturated carbocycles. The molecule has 1 fully saturated rings. The van der Waals surface area contributed by atoms with Crippen molar-refractivity contribution in [2.24, 2.45) is 0 Å². The molecule has 0 bridgehead atoms. The van der Waals surface area contributed by atoms with Gasteiger partial charge in [0.25, 0.3) is 5.91 Å². The van der Waals surface area contributed by atoms with Crippen molar-refractivity contribution in [1.82, 2.24) is 10.2 Å². The Morgan fingerprint density at radius 3 is 2.40 bits per heavy atom. The number of hydrogen-bond donors (Lipinski definition) is 1. The number of nitrogens with zero attached hydrogens (tertiary/aromatic N) is 1. The molecule has 0 saturated heterocycles. The molecular formula is C27H33BrCl2N2O3. The number of amides is 2. The van der Waals surface area contributed by atoms with E-state index >= 15 is 0 Å². The van der Waals surface area contributed by atoms with E-state index in [0.717, 1.165) is 41.3 Å². The lowest BCUT2D eigenvalue weighted by Crippen LogP contribution is -2.50. The number of halogens is 3. The van der Waals surface area contributed by atoms with Crippen LogP contribution in [0.1, 0.15) is 64.5 Å². The van der Waals surface area contributed by atoms with Gasteiger partial charge in [-0.3, -0.25) is 9.59 Å². The Kier molecular flexibility index (Phi) is 9.53. The first kappa shape index (κ1) is 27.8. The third kappa shape index (κ3) is 7.61. The van der Waals surface area contributed by atoms with Crippen molar-refractivity contribution in [3.8, 4) is 5.75 Å². The minimum absolute atomic E-state index is 0.00433. The van der Waals surface area contributed by atoms with E-state index in [4.69, 9.17) is 27.9 Å². The van der Waals surface area contributed by atoms with Gasteiger partial charge < -0.3 is 15.0 Å². The van der Waals surface area contributed by atoms with Gasteiger partial charge in [-0.05, 0) is 76.5 Å². The molecule has 0 heterocycles. The van der Waals surface area contributed by atoms with Crippen molar-refractivity contribution < 1.29 is 14.3 Å². The van der Waals surface area contributed by atoms with E-state index in [1.54, 1.807) is 25.1 Å². The molecule has 2 aromatic rings. The molecule has 2 aromatic carbocycles. The molecule has 0 radical (unpaired) electrons. The molecule has 1 N–H and O–H groups in total. The van der Waals surface area contributed by atoms with Gasteiger partial charge in [-0.1, -0.05) is 68.9 Å². The number of rotatable bonds is 8. The summed E-state index contributed by atoms with van der Waals surface area (Å²) >= 11 is 15.8. The SMILES string of the molecule is C[C@H](C(=O)NC1CCCC1)N(Cc1ccc(Cl)c(Cl)c1)C(=O)COc1ccc(C(C)(C)C)cc1Br. The first-order valence-electron chi connectivity index (χ1n) is 11.9. The number of carbonyl (C=O) groups excluding carboxylic acids is 2. The topological polar surface area (TPSA) is 58.6 Å².